The standard InChI is InChI=1S/C18H14F3N5O/c1-10(2)26-17-12(8-25-26)5-11(7-24-17)16(27)14(6-22)15-4-3-13(9-23-15)18(19,20)21/h3-5,7-10,14H,1-2H3/t14-/m0/s1. The highest BCUT2D eigenvalue weighted by atomic mass is 19.4. The zero-order chi connectivity index (χ0) is 19.8. The maximum Gasteiger partial charge on any atom is 0.417 e. The minimum Gasteiger partial charge on any atom is -0.292 e. The fourth-order valence-electron chi connectivity index (χ4n) is 2.62. The third-order valence-electron chi connectivity index (χ3n) is 4.01. The van der Waals surface area contributed by atoms with Crippen molar-refractivity contribution in [3.8, 4) is 6.07 Å². The molecular weight excluding hydrogens is 359 g/mol. The van der Waals surface area contributed by atoms with E-state index in [0.717, 1.165) is 12.1 Å². The van der Waals surface area contributed by atoms with Gasteiger partial charge in [0.05, 0.1) is 23.5 Å². The molecule has 0 bridgehead atoms. The van der Waals surface area contributed by atoms with Crippen LogP contribution in [-0.2, 0) is 6.18 Å². The first-order chi connectivity index (χ1) is 12.7. The van der Waals surface area contributed by atoms with Crippen molar-refractivity contribution in [3.05, 3.63) is 53.6 Å². The largest absolute Gasteiger partial charge is 0.417 e. The van der Waals surface area contributed by atoms with Gasteiger partial charge >= 0.3 is 6.18 Å². The molecule has 0 spiro atoms. The van der Waals surface area contributed by atoms with E-state index in [1.165, 1.54) is 6.20 Å². The molecule has 0 saturated carbocycles. The van der Waals surface area contributed by atoms with E-state index < -0.39 is 23.4 Å². The molecule has 0 aliphatic carbocycles. The quantitative estimate of drug-likeness (QED) is 0.647. The highest BCUT2D eigenvalue weighted by Gasteiger charge is 2.32. The van der Waals surface area contributed by atoms with Crippen LogP contribution < -0.4 is 0 Å². The highest BCUT2D eigenvalue weighted by molar-refractivity contribution is 6.04. The molecule has 138 valence electrons. The Labute approximate surface area is 152 Å². The molecule has 3 aromatic heterocycles. The minimum absolute atomic E-state index is 0.0477. The average molecular weight is 373 g/mol. The van der Waals surface area contributed by atoms with Crippen LogP contribution in [0.2, 0.25) is 0 Å². The highest BCUT2D eigenvalue weighted by Crippen LogP contribution is 2.29. The van der Waals surface area contributed by atoms with Crippen LogP contribution in [0.4, 0.5) is 13.2 Å². The van der Waals surface area contributed by atoms with Gasteiger partial charge < -0.3 is 0 Å². The van der Waals surface area contributed by atoms with Crippen molar-refractivity contribution in [2.45, 2.75) is 32.0 Å². The predicted octanol–water partition coefficient (Wildman–Crippen LogP) is 3.92. The maximum atomic E-state index is 12.7. The zero-order valence-corrected chi connectivity index (χ0v) is 14.4. The molecule has 0 aromatic carbocycles. The van der Waals surface area contributed by atoms with E-state index >= 15 is 0 Å². The Morgan fingerprint density at radius 3 is 2.48 bits per heavy atom. The third kappa shape index (κ3) is 3.51. The van der Waals surface area contributed by atoms with E-state index in [4.69, 9.17) is 0 Å². The summed E-state index contributed by atoms with van der Waals surface area (Å²) in [4.78, 5) is 20.6. The van der Waals surface area contributed by atoms with Gasteiger partial charge in [-0.25, -0.2) is 9.67 Å². The second-order valence-corrected chi connectivity index (χ2v) is 6.22. The summed E-state index contributed by atoms with van der Waals surface area (Å²) >= 11 is 0. The Morgan fingerprint density at radius 2 is 1.93 bits per heavy atom. The van der Waals surface area contributed by atoms with Gasteiger partial charge in [0.15, 0.2) is 17.3 Å². The van der Waals surface area contributed by atoms with Crippen LogP contribution in [0, 0.1) is 11.3 Å². The van der Waals surface area contributed by atoms with Crippen molar-refractivity contribution < 1.29 is 18.0 Å². The minimum atomic E-state index is -4.54. The number of aromatic nitrogens is 4. The first-order valence-corrected chi connectivity index (χ1v) is 8.02. The monoisotopic (exact) mass is 373 g/mol. The summed E-state index contributed by atoms with van der Waals surface area (Å²) in [5, 5.41) is 14.2. The van der Waals surface area contributed by atoms with Crippen LogP contribution in [0.3, 0.4) is 0 Å². The molecule has 0 saturated heterocycles. The molecule has 9 heteroatoms. The molecule has 0 radical (unpaired) electrons. The number of hydrogen-bond acceptors (Lipinski definition) is 5. The summed E-state index contributed by atoms with van der Waals surface area (Å²) in [5.41, 5.74) is -0.227. The van der Waals surface area contributed by atoms with Crippen LogP contribution in [0.25, 0.3) is 11.0 Å². The summed E-state index contributed by atoms with van der Waals surface area (Å²) in [5.74, 6) is -1.91. The topological polar surface area (TPSA) is 84.5 Å². The maximum absolute atomic E-state index is 12.7. The molecule has 0 amide bonds. The van der Waals surface area contributed by atoms with E-state index in [1.54, 1.807) is 23.0 Å². The number of rotatable bonds is 4. The van der Waals surface area contributed by atoms with Crippen molar-refractivity contribution in [1.29, 1.82) is 5.26 Å². The van der Waals surface area contributed by atoms with Gasteiger partial charge in [0.1, 0.15) is 0 Å². The number of hydrogen-bond donors (Lipinski definition) is 0. The Morgan fingerprint density at radius 1 is 1.19 bits per heavy atom. The van der Waals surface area contributed by atoms with E-state index in [-0.39, 0.29) is 17.3 Å². The van der Waals surface area contributed by atoms with Gasteiger partial charge in [-0.05, 0) is 32.0 Å². The Balaban J connectivity index is 1.93. The number of carbonyl (C=O) groups excluding carboxylic acids is 1. The van der Waals surface area contributed by atoms with E-state index in [1.807, 2.05) is 13.8 Å². The van der Waals surface area contributed by atoms with Crippen molar-refractivity contribution in [2.75, 3.05) is 0 Å². The number of ketones is 1. The van der Waals surface area contributed by atoms with Crippen molar-refractivity contribution in [3.63, 3.8) is 0 Å². The lowest BCUT2D eigenvalue weighted by atomic mass is 9.95. The Bertz CT molecular complexity index is 1030. The lowest BCUT2D eigenvalue weighted by Gasteiger charge is -2.10. The summed E-state index contributed by atoms with van der Waals surface area (Å²) in [6, 6.07) is 5.29. The number of nitrogens with zero attached hydrogens (tertiary/aromatic N) is 5. The summed E-state index contributed by atoms with van der Waals surface area (Å²) in [7, 11) is 0. The van der Waals surface area contributed by atoms with Gasteiger partial charge in [-0.1, -0.05) is 0 Å². The zero-order valence-electron chi connectivity index (χ0n) is 14.4. The number of fused-ring (bicyclic) bond motifs is 1. The lowest BCUT2D eigenvalue weighted by molar-refractivity contribution is -0.137. The molecule has 0 unspecified atom stereocenters. The summed E-state index contributed by atoms with van der Waals surface area (Å²) in [6.45, 7) is 3.88. The van der Waals surface area contributed by atoms with Crippen LogP contribution in [0.15, 0.2) is 36.8 Å². The lowest BCUT2D eigenvalue weighted by Crippen LogP contribution is -2.14. The molecule has 3 rings (SSSR count). The smallest absolute Gasteiger partial charge is 0.292 e. The van der Waals surface area contributed by atoms with Gasteiger partial charge in [0.25, 0.3) is 0 Å². The molecule has 0 fully saturated rings. The van der Waals surface area contributed by atoms with Crippen molar-refractivity contribution >= 4 is 16.8 Å². The van der Waals surface area contributed by atoms with Crippen LogP contribution in [-0.4, -0.2) is 25.5 Å². The molecule has 3 heterocycles. The van der Waals surface area contributed by atoms with Crippen LogP contribution in [0.5, 0.6) is 0 Å². The second-order valence-electron chi connectivity index (χ2n) is 6.22. The Kier molecular flexibility index (Phi) is 4.66. The molecule has 0 aliphatic rings. The first-order valence-electron chi connectivity index (χ1n) is 8.02. The molecule has 6 nitrogen and oxygen atoms in total. The molecule has 1 atom stereocenters. The first kappa shape index (κ1) is 18.5. The van der Waals surface area contributed by atoms with Crippen LogP contribution >= 0.6 is 0 Å². The van der Waals surface area contributed by atoms with E-state index in [2.05, 4.69) is 15.1 Å². The van der Waals surface area contributed by atoms with Crippen LogP contribution in [0.1, 0.15) is 47.4 Å². The van der Waals surface area contributed by atoms with Gasteiger partial charge in [-0.3, -0.25) is 9.78 Å². The van der Waals surface area contributed by atoms with Crippen molar-refractivity contribution in [1.82, 2.24) is 19.7 Å². The number of halogens is 3. The number of alkyl halides is 3. The number of nitriles is 1. The summed E-state index contributed by atoms with van der Waals surface area (Å²) in [6.07, 6.45) is -1.03. The van der Waals surface area contributed by atoms with E-state index in [0.29, 0.717) is 17.2 Å². The van der Waals surface area contributed by atoms with Gasteiger partial charge in [0.2, 0.25) is 0 Å². The fourth-order valence-corrected chi connectivity index (χ4v) is 2.62. The number of carbonyl (C=O) groups is 1. The third-order valence-corrected chi connectivity index (χ3v) is 4.01. The SMILES string of the molecule is CC(C)n1ncc2cc(C(=O)[C@@H](C#N)c3ccc(C(F)(F)F)cn3)cnc21. The van der Waals surface area contributed by atoms with Gasteiger partial charge in [0, 0.05) is 29.4 Å². The average Bonchev–Trinajstić information content (AvgIpc) is 3.05. The summed E-state index contributed by atoms with van der Waals surface area (Å²) < 4.78 is 39.6. The predicted molar refractivity (Wildman–Crippen MR) is 89.8 cm³/mol. The fraction of sp³-hybridized carbons (Fsp3) is 0.278. The number of pyridine rings is 2. The Hall–Kier alpha value is -3.28. The van der Waals surface area contributed by atoms with E-state index in [9.17, 15) is 23.2 Å². The second kappa shape index (κ2) is 6.79. The van der Waals surface area contributed by atoms with Gasteiger partial charge in [-0.2, -0.15) is 23.5 Å². The van der Waals surface area contributed by atoms with Gasteiger partial charge in [-0.15, -0.1) is 0 Å². The van der Waals surface area contributed by atoms with Crippen molar-refractivity contribution in [2.24, 2.45) is 0 Å². The number of Topliss-reactive ketones (excluding diaryl/α,β-unsaturated/α-hetero) is 1. The molecular formula is C18H14F3N5O. The molecule has 0 aliphatic heterocycles. The molecule has 3 aromatic rings. The normalized spacial score (nSPS) is 12.9. The molecule has 27 heavy (non-hydrogen) atoms. The molecule has 0 N–H and O–H groups in total.